The van der Waals surface area contributed by atoms with Crippen molar-refractivity contribution in [2.24, 2.45) is 0 Å². The van der Waals surface area contributed by atoms with E-state index in [4.69, 9.17) is 17.9 Å². The minimum atomic E-state index is -0.577. The highest BCUT2D eigenvalue weighted by atomic mass is 16.5. The Morgan fingerprint density at radius 3 is 1.79 bits per heavy atom. The average Bonchev–Trinajstić information content (AvgIpc) is 4.25. The highest BCUT2D eigenvalue weighted by molar-refractivity contribution is 6.09. The van der Waals surface area contributed by atoms with Crippen LogP contribution in [0.2, 0.25) is 0 Å². The Kier molecular flexibility index (Phi) is 8.29. The van der Waals surface area contributed by atoms with Gasteiger partial charge in [-0.3, -0.25) is 13.7 Å². The molecule has 10 aromatic carbocycles. The SMILES string of the molecule is [2H]c1c([2H])c([2H])c(-c2cccc(-c3c([2H])c([2H])c([2H])c([2H])c3[2H])c2-[n+]2[c-]n(-c3cc(Oc4ccc5c6ccccc6n(-c6ccccn6)c5c4)cc(-c4cc(-c5ccccc5)cc(-c5ccccc5)c4C)c3)c3ccccc32)c([2H])c1[2H]. The van der Waals surface area contributed by atoms with E-state index in [0.717, 1.165) is 66.6 Å². The Hall–Kier alpha value is -9.58. The van der Waals surface area contributed by atoms with E-state index in [1.165, 1.54) is 0 Å². The highest BCUT2D eigenvalue weighted by Crippen LogP contribution is 2.42. The van der Waals surface area contributed by atoms with E-state index in [2.05, 4.69) is 78.5 Å². The van der Waals surface area contributed by atoms with Crippen molar-refractivity contribution in [1.29, 1.82) is 0 Å². The predicted molar refractivity (Wildman–Crippen MR) is 294 cm³/mol. The molecule has 0 fully saturated rings. The van der Waals surface area contributed by atoms with Gasteiger partial charge >= 0.3 is 0 Å². The van der Waals surface area contributed by atoms with Crippen molar-refractivity contribution in [2.75, 3.05) is 0 Å². The molecule has 3 aromatic heterocycles. The molecule has 0 atom stereocenters. The van der Waals surface area contributed by atoms with Gasteiger partial charge in [-0.1, -0.05) is 188 Å². The van der Waals surface area contributed by atoms with Crippen LogP contribution in [0.25, 0.3) is 106 Å². The summed E-state index contributed by atoms with van der Waals surface area (Å²) in [5.41, 5.74) is 10.7. The molecule has 72 heavy (non-hydrogen) atoms. The fourth-order valence-corrected chi connectivity index (χ4v) is 9.91. The number of hydrogen-bond donors (Lipinski definition) is 0. The molecule has 5 nitrogen and oxygen atoms in total. The first-order chi connectivity index (χ1) is 39.8. The molecule has 5 heteroatoms. The van der Waals surface area contributed by atoms with Crippen molar-refractivity contribution >= 4 is 32.8 Å². The van der Waals surface area contributed by atoms with Crippen LogP contribution in [0, 0.1) is 13.3 Å². The number of hydrogen-bond acceptors (Lipinski definition) is 2. The number of nitrogens with zero attached hydrogens (tertiary/aromatic N) is 4. The molecule has 13 rings (SSSR count). The molecular weight excluding hydrogens is 877 g/mol. The van der Waals surface area contributed by atoms with Crippen LogP contribution in [0.4, 0.5) is 0 Å². The summed E-state index contributed by atoms with van der Waals surface area (Å²) in [5, 5.41) is 2.09. The second-order valence-electron chi connectivity index (χ2n) is 17.4. The first-order valence-corrected chi connectivity index (χ1v) is 23.5. The van der Waals surface area contributed by atoms with E-state index < -0.39 is 60.4 Å². The van der Waals surface area contributed by atoms with Gasteiger partial charge in [-0.05, 0) is 129 Å². The Bertz CT molecular complexity index is 4590. The quantitative estimate of drug-likeness (QED) is 0.101. The molecule has 0 radical (unpaired) electrons. The monoisotopic (exact) mass is 932 g/mol. The first-order valence-electron chi connectivity index (χ1n) is 28.5. The van der Waals surface area contributed by atoms with E-state index in [9.17, 15) is 5.48 Å². The molecule has 0 aliphatic rings. The van der Waals surface area contributed by atoms with Crippen LogP contribution in [0.3, 0.4) is 0 Å². The summed E-state index contributed by atoms with van der Waals surface area (Å²) in [7, 11) is 0. The molecule has 0 bridgehead atoms. The Morgan fingerprint density at radius 1 is 0.458 bits per heavy atom. The van der Waals surface area contributed by atoms with Gasteiger partial charge in [-0.2, -0.15) is 0 Å². The molecule has 0 saturated heterocycles. The summed E-state index contributed by atoms with van der Waals surface area (Å²) in [6, 6.07) is 58.0. The van der Waals surface area contributed by atoms with E-state index in [1.807, 2.05) is 120 Å². The lowest BCUT2D eigenvalue weighted by molar-refractivity contribution is -0.571. The summed E-state index contributed by atoms with van der Waals surface area (Å²) in [6.07, 6.45) is 5.36. The maximum Gasteiger partial charge on any atom is 0.269 e. The number of benzene rings is 10. The maximum atomic E-state index is 9.22. The number of fused-ring (bicyclic) bond motifs is 4. The zero-order chi connectivity index (χ0) is 56.7. The molecule has 0 amide bonds. The van der Waals surface area contributed by atoms with Crippen LogP contribution in [0.5, 0.6) is 11.5 Å². The van der Waals surface area contributed by atoms with Gasteiger partial charge in [0.1, 0.15) is 17.3 Å². The van der Waals surface area contributed by atoms with Crippen LogP contribution in [0.15, 0.2) is 261 Å². The molecule has 3 heterocycles. The van der Waals surface area contributed by atoms with Gasteiger partial charge in [-0.15, -0.1) is 0 Å². The summed E-state index contributed by atoms with van der Waals surface area (Å²) in [5.74, 6) is 1.79. The molecule has 0 saturated carbocycles. The molecule has 340 valence electrons. The number of aromatic nitrogens is 4. The van der Waals surface area contributed by atoms with E-state index >= 15 is 0 Å². The van der Waals surface area contributed by atoms with Gasteiger partial charge in [0, 0.05) is 23.0 Å². The smallest absolute Gasteiger partial charge is 0.269 e. The predicted octanol–water partition coefficient (Wildman–Crippen LogP) is 16.6. The fourth-order valence-electron chi connectivity index (χ4n) is 9.91. The molecule has 0 aliphatic carbocycles. The van der Waals surface area contributed by atoms with Crippen LogP contribution < -0.4 is 9.30 Å². The van der Waals surface area contributed by atoms with Crippen molar-refractivity contribution in [3.63, 3.8) is 0 Å². The normalized spacial score (nSPS) is 13.3. The number of pyridine rings is 1. The third kappa shape index (κ3) is 7.61. The largest absolute Gasteiger partial charge is 0.458 e. The van der Waals surface area contributed by atoms with Gasteiger partial charge in [0.05, 0.1) is 47.1 Å². The topological polar surface area (TPSA) is 35.9 Å². The van der Waals surface area contributed by atoms with E-state index in [0.29, 0.717) is 28.2 Å². The first kappa shape index (κ1) is 33.0. The van der Waals surface area contributed by atoms with Crippen LogP contribution >= 0.6 is 0 Å². The zero-order valence-corrected chi connectivity index (χ0v) is 38.7. The van der Waals surface area contributed by atoms with Gasteiger partial charge in [0.25, 0.3) is 6.33 Å². The zero-order valence-electron chi connectivity index (χ0n) is 48.7. The van der Waals surface area contributed by atoms with Gasteiger partial charge < -0.3 is 4.74 Å². The van der Waals surface area contributed by atoms with Crippen molar-refractivity contribution in [3.05, 3.63) is 273 Å². The second kappa shape index (κ2) is 18.1. The molecule has 0 aliphatic heterocycles. The van der Waals surface area contributed by atoms with E-state index in [1.54, 1.807) is 29.0 Å². The van der Waals surface area contributed by atoms with Crippen LogP contribution in [0.1, 0.15) is 19.3 Å². The van der Waals surface area contributed by atoms with Crippen molar-refractivity contribution in [1.82, 2.24) is 14.1 Å². The third-order valence-corrected chi connectivity index (χ3v) is 13.2. The Morgan fingerprint density at radius 2 is 1.08 bits per heavy atom. The lowest BCUT2D eigenvalue weighted by atomic mass is 9.88. The molecule has 0 unspecified atom stereocenters. The molecule has 0 spiro atoms. The fraction of sp³-hybridized carbons (Fsp3) is 0.0149. The van der Waals surface area contributed by atoms with Crippen molar-refractivity contribution in [2.45, 2.75) is 6.92 Å². The lowest BCUT2D eigenvalue weighted by Gasteiger charge is -2.18. The second-order valence-corrected chi connectivity index (χ2v) is 17.4. The van der Waals surface area contributed by atoms with Crippen molar-refractivity contribution in [3.8, 4) is 84.3 Å². The summed E-state index contributed by atoms with van der Waals surface area (Å²) >= 11 is 0. The Labute approximate surface area is 432 Å². The third-order valence-electron chi connectivity index (χ3n) is 13.2. The molecular formula is C67H46N4O. The van der Waals surface area contributed by atoms with Crippen molar-refractivity contribution < 1.29 is 23.0 Å². The average molecular weight is 933 g/mol. The van der Waals surface area contributed by atoms with Gasteiger partial charge in [0.2, 0.25) is 0 Å². The minimum Gasteiger partial charge on any atom is -0.458 e. The minimum absolute atomic E-state index is 0.142. The Balaban J connectivity index is 1.09. The standard InChI is InChI=1S/C67H46N4O/c1-46-60(50-27-12-5-13-28-50)41-51(47-21-6-2-7-22-47)42-61(46)52-39-53(43-55(40-52)72-54-36-37-59-58-29-14-15-32-62(58)71(65(59)44-54)66-35-18-19-38-68-66)69-45-70(64-34-17-16-33-63(64)69)67-56(48-23-8-3-9-24-48)30-20-31-57(67)49-25-10-4-11-26-49/h2-44H,1H3/i3D,4D,8D,9D,10D,11D,23D,24D,25D,26D. The highest BCUT2D eigenvalue weighted by Gasteiger charge is 2.22. The van der Waals surface area contributed by atoms with Gasteiger partial charge in [0.15, 0.2) is 0 Å². The van der Waals surface area contributed by atoms with Crippen LogP contribution in [-0.4, -0.2) is 14.1 Å². The summed E-state index contributed by atoms with van der Waals surface area (Å²) in [6.45, 7) is 2.12. The maximum absolute atomic E-state index is 9.22. The number of rotatable bonds is 10. The summed E-state index contributed by atoms with van der Waals surface area (Å²) in [4.78, 5) is 4.75. The summed E-state index contributed by atoms with van der Waals surface area (Å²) < 4.78 is 102. The number of imidazole rings is 1. The number of para-hydroxylation sites is 4. The van der Waals surface area contributed by atoms with E-state index in [-0.39, 0.29) is 27.9 Å². The molecule has 0 N–H and O–H groups in total. The lowest BCUT2D eigenvalue weighted by Crippen LogP contribution is -2.31. The van der Waals surface area contributed by atoms with Gasteiger partial charge in [-0.25, -0.2) is 4.98 Å². The number of ether oxygens (including phenoxy) is 1. The van der Waals surface area contributed by atoms with Crippen LogP contribution in [-0.2, 0) is 0 Å². The molecule has 13 aromatic rings.